The quantitative estimate of drug-likeness (QED) is 0.229. The summed E-state index contributed by atoms with van der Waals surface area (Å²) in [4.78, 5) is 31.4. The molecule has 0 unspecified atom stereocenters. The molecular weight excluding hydrogens is 584 g/mol. The Hall–Kier alpha value is -4.35. The van der Waals surface area contributed by atoms with E-state index in [1.54, 1.807) is 12.0 Å². The van der Waals surface area contributed by atoms with Gasteiger partial charge in [-0.05, 0) is 70.8 Å². The maximum Gasteiger partial charge on any atom is 0.410 e. The Balaban J connectivity index is 1.08. The van der Waals surface area contributed by atoms with Crippen molar-refractivity contribution >= 4 is 6.09 Å². The van der Waals surface area contributed by atoms with Crippen LogP contribution >= 0.6 is 0 Å². The molecule has 8 rings (SSSR count). The number of nitrogens with zero attached hydrogens (tertiary/aromatic N) is 3. The van der Waals surface area contributed by atoms with Gasteiger partial charge in [0.15, 0.2) is 0 Å². The van der Waals surface area contributed by atoms with E-state index in [1.807, 2.05) is 33.2 Å². The lowest BCUT2D eigenvalue weighted by atomic mass is 9.87. The molecule has 0 spiro atoms. The predicted molar refractivity (Wildman–Crippen MR) is 171 cm³/mol. The molecule has 4 aliphatic rings. The smallest absolute Gasteiger partial charge is 0.410 e. The summed E-state index contributed by atoms with van der Waals surface area (Å²) in [6.07, 6.45) is 6.41. The summed E-state index contributed by atoms with van der Waals surface area (Å²) in [7, 11) is 1.69. The molecule has 3 N–H and O–H groups in total. The van der Waals surface area contributed by atoms with Crippen LogP contribution in [0.4, 0.5) is 4.79 Å². The highest BCUT2D eigenvalue weighted by Crippen LogP contribution is 2.51. The molecule has 0 bridgehead atoms. The van der Waals surface area contributed by atoms with Crippen LogP contribution in [0.1, 0.15) is 74.9 Å². The summed E-state index contributed by atoms with van der Waals surface area (Å²) in [5.41, 5.74) is 7.61. The number of benzene rings is 2. The molecule has 0 aliphatic carbocycles. The highest BCUT2D eigenvalue weighted by atomic mass is 16.6. The first-order valence-electron chi connectivity index (χ1n) is 16.2. The normalized spacial score (nSPS) is 21.6. The molecule has 46 heavy (non-hydrogen) atoms. The lowest BCUT2D eigenvalue weighted by Crippen LogP contribution is -2.37. The molecular formula is C35H40N6O5. The van der Waals surface area contributed by atoms with Gasteiger partial charge in [0.1, 0.15) is 42.0 Å². The van der Waals surface area contributed by atoms with Gasteiger partial charge in [0, 0.05) is 53.0 Å². The zero-order chi connectivity index (χ0) is 31.6. The monoisotopic (exact) mass is 624 g/mol. The minimum absolute atomic E-state index is 0.198. The summed E-state index contributed by atoms with van der Waals surface area (Å²) < 4.78 is 23.9. The minimum Gasteiger partial charge on any atom is -0.488 e. The third-order valence-electron chi connectivity index (χ3n) is 9.32. The molecule has 11 nitrogen and oxygen atoms in total. The van der Waals surface area contributed by atoms with Crippen molar-refractivity contribution in [2.75, 3.05) is 26.8 Å². The molecule has 0 saturated carbocycles. The van der Waals surface area contributed by atoms with Crippen molar-refractivity contribution < 1.29 is 23.7 Å². The molecule has 2 aromatic heterocycles. The van der Waals surface area contributed by atoms with E-state index in [9.17, 15) is 4.79 Å². The number of hydrogen-bond donors (Lipinski definition) is 3. The second-order valence-corrected chi connectivity index (χ2v) is 13.8. The summed E-state index contributed by atoms with van der Waals surface area (Å²) in [6.45, 7) is 8.68. The van der Waals surface area contributed by atoms with Crippen molar-refractivity contribution in [3.8, 4) is 45.1 Å². The Morgan fingerprint density at radius 1 is 0.957 bits per heavy atom. The second-order valence-electron chi connectivity index (χ2n) is 13.8. The number of aromatic amines is 2. The maximum atomic E-state index is 13.2. The summed E-state index contributed by atoms with van der Waals surface area (Å²) >= 11 is 0. The highest BCUT2D eigenvalue weighted by molar-refractivity contribution is 5.88. The fourth-order valence-corrected chi connectivity index (χ4v) is 7.28. The average molecular weight is 625 g/mol. The molecule has 4 aromatic rings. The first-order valence-corrected chi connectivity index (χ1v) is 16.2. The van der Waals surface area contributed by atoms with E-state index in [4.69, 9.17) is 23.9 Å². The van der Waals surface area contributed by atoms with Gasteiger partial charge in [-0.15, -0.1) is 0 Å². The minimum atomic E-state index is -0.586. The highest BCUT2D eigenvalue weighted by Gasteiger charge is 2.40. The van der Waals surface area contributed by atoms with E-state index in [0.717, 1.165) is 87.3 Å². The van der Waals surface area contributed by atoms with Crippen molar-refractivity contribution in [2.24, 2.45) is 5.92 Å². The number of likely N-dealkylation sites (tertiary alicyclic amines) is 1. The van der Waals surface area contributed by atoms with Crippen LogP contribution in [-0.4, -0.2) is 63.3 Å². The third-order valence-corrected chi connectivity index (χ3v) is 9.32. The topological polar surface area (TPSA) is 127 Å². The molecule has 2 fully saturated rings. The molecule has 11 heteroatoms. The molecule has 3 atom stereocenters. The number of aromatic nitrogens is 4. The van der Waals surface area contributed by atoms with Gasteiger partial charge in [0.2, 0.25) is 0 Å². The van der Waals surface area contributed by atoms with Gasteiger partial charge in [0.25, 0.3) is 0 Å². The number of carbonyl (C=O) groups excluding carboxylic acids is 1. The molecule has 0 radical (unpaired) electrons. The van der Waals surface area contributed by atoms with Crippen LogP contribution in [0.5, 0.6) is 11.5 Å². The predicted octanol–water partition coefficient (Wildman–Crippen LogP) is 6.29. The lowest BCUT2D eigenvalue weighted by Gasteiger charge is -2.30. The third kappa shape index (κ3) is 5.21. The van der Waals surface area contributed by atoms with Crippen molar-refractivity contribution in [2.45, 2.75) is 70.9 Å². The first-order chi connectivity index (χ1) is 22.2. The Kier molecular flexibility index (Phi) is 7.06. The number of amides is 1. The van der Waals surface area contributed by atoms with Gasteiger partial charge < -0.3 is 34.2 Å². The van der Waals surface area contributed by atoms with Crippen LogP contribution in [0.2, 0.25) is 0 Å². The lowest BCUT2D eigenvalue weighted by molar-refractivity contribution is 0.0208. The zero-order valence-electron chi connectivity index (χ0n) is 26.7. The molecule has 2 aromatic carbocycles. The van der Waals surface area contributed by atoms with Crippen LogP contribution in [-0.2, 0) is 22.7 Å². The van der Waals surface area contributed by atoms with Crippen molar-refractivity contribution in [1.82, 2.24) is 30.2 Å². The van der Waals surface area contributed by atoms with E-state index < -0.39 is 5.60 Å². The molecule has 240 valence electrons. The van der Waals surface area contributed by atoms with E-state index in [0.29, 0.717) is 26.4 Å². The number of ether oxygens (including phenoxy) is 4. The largest absolute Gasteiger partial charge is 0.488 e. The number of nitrogens with one attached hydrogen (secondary N) is 3. The Morgan fingerprint density at radius 3 is 2.17 bits per heavy atom. The number of H-pyrrole nitrogens is 2. The zero-order valence-corrected chi connectivity index (χ0v) is 26.7. The van der Waals surface area contributed by atoms with E-state index in [1.165, 1.54) is 6.42 Å². The van der Waals surface area contributed by atoms with Gasteiger partial charge in [-0.25, -0.2) is 14.8 Å². The fourth-order valence-electron chi connectivity index (χ4n) is 7.28. The average Bonchev–Trinajstić information content (AvgIpc) is 3.85. The molecule has 4 aliphatic heterocycles. The van der Waals surface area contributed by atoms with Gasteiger partial charge in [-0.2, -0.15) is 0 Å². The van der Waals surface area contributed by atoms with Crippen molar-refractivity contribution in [3.05, 3.63) is 59.4 Å². The van der Waals surface area contributed by atoms with Crippen molar-refractivity contribution in [3.63, 3.8) is 0 Å². The van der Waals surface area contributed by atoms with Gasteiger partial charge in [-0.3, -0.25) is 4.90 Å². The first kappa shape index (κ1) is 29.1. The standard InChI is InChI=1S/C35H40N6O5/c1-35(2,3)46-34(42)41-15-19(16-43-4)8-27(41)33-38-14-26(40-33)21-10-23-18-44-28-11-20(9-22-17-45-29(12-21)31(23)30(22)28)25-13-37-32(39-25)24-6-5-7-36-24/h9-14,19,24,27,36H,5-8,15-18H2,1-4H3,(H,37,39)(H,38,40)/t19-,24-,27-/m0/s1. The summed E-state index contributed by atoms with van der Waals surface area (Å²) in [5, 5.41) is 3.51. The number of carbonyl (C=O) groups is 1. The number of imidazole rings is 2. The number of methoxy groups -OCH3 is 1. The van der Waals surface area contributed by atoms with E-state index in [2.05, 4.69) is 44.5 Å². The van der Waals surface area contributed by atoms with Crippen LogP contribution in [0.15, 0.2) is 36.7 Å². The van der Waals surface area contributed by atoms with Crippen LogP contribution in [0, 0.1) is 5.92 Å². The Bertz CT molecular complexity index is 1750. The maximum absolute atomic E-state index is 13.2. The van der Waals surface area contributed by atoms with Crippen LogP contribution in [0.25, 0.3) is 33.6 Å². The molecule has 1 amide bonds. The van der Waals surface area contributed by atoms with Gasteiger partial charge >= 0.3 is 6.09 Å². The molecule has 2 saturated heterocycles. The number of rotatable bonds is 6. The van der Waals surface area contributed by atoms with Crippen LogP contribution < -0.4 is 14.8 Å². The number of hydrogen-bond acceptors (Lipinski definition) is 8. The fraction of sp³-hybridized carbons (Fsp3) is 0.457. The van der Waals surface area contributed by atoms with E-state index in [-0.39, 0.29) is 24.1 Å². The Labute approximate surface area is 268 Å². The molecule has 6 heterocycles. The summed E-state index contributed by atoms with van der Waals surface area (Å²) in [6, 6.07) is 8.57. The van der Waals surface area contributed by atoms with Crippen LogP contribution in [0.3, 0.4) is 0 Å². The second kappa shape index (κ2) is 11.2. The van der Waals surface area contributed by atoms with Crippen molar-refractivity contribution in [1.29, 1.82) is 0 Å². The summed E-state index contributed by atoms with van der Waals surface area (Å²) in [5.74, 6) is 3.61. The SMILES string of the molecule is COC[C@H]1C[C@@H](c2ncc(-c3cc4c5c(c3)OCc3cc(-c6cnc([C@@H]7CCCN7)[nH]6)cc(c3-5)OC4)[nH]2)N(C(=O)OC(C)(C)C)C1. The van der Waals surface area contributed by atoms with Gasteiger partial charge in [0.05, 0.1) is 42.5 Å². The van der Waals surface area contributed by atoms with E-state index >= 15 is 0 Å². The van der Waals surface area contributed by atoms with Gasteiger partial charge in [-0.1, -0.05) is 0 Å². The Morgan fingerprint density at radius 2 is 1.59 bits per heavy atom.